The van der Waals surface area contributed by atoms with Crippen molar-refractivity contribution >= 4 is 5.78 Å². The quantitative estimate of drug-likeness (QED) is 0.428. The van der Waals surface area contributed by atoms with Crippen molar-refractivity contribution in [2.24, 2.45) is 0 Å². The van der Waals surface area contributed by atoms with Crippen LogP contribution in [-0.2, 0) is 4.79 Å². The predicted molar refractivity (Wildman–Crippen MR) is 79.1 cm³/mol. The Kier molecular flexibility index (Phi) is 4.20. The second kappa shape index (κ2) is 6.07. The van der Waals surface area contributed by atoms with Crippen molar-refractivity contribution in [3.63, 3.8) is 0 Å². The van der Waals surface area contributed by atoms with Crippen molar-refractivity contribution in [1.29, 1.82) is 0 Å². The number of Topliss-reactive ketones (excluding diaryl/α,β-unsaturated/α-hetero) is 1. The number of hydrogen-bond acceptors (Lipinski definition) is 1. The van der Waals surface area contributed by atoms with Gasteiger partial charge in [0.2, 0.25) is 0 Å². The minimum Gasteiger partial charge on any atom is -0.294 e. The highest BCUT2D eigenvalue weighted by molar-refractivity contribution is 5.98. The van der Waals surface area contributed by atoms with Gasteiger partial charge in [0.1, 0.15) is 0 Å². The van der Waals surface area contributed by atoms with Crippen molar-refractivity contribution in [1.82, 2.24) is 0 Å². The minimum atomic E-state index is 0.469. The third kappa shape index (κ3) is 3.01. The number of ketones is 1. The molecule has 0 heterocycles. The maximum Gasteiger partial charge on any atom is 0.162 e. The van der Waals surface area contributed by atoms with Gasteiger partial charge in [-0.05, 0) is 69.8 Å². The normalized spacial score (nSPS) is 26.0. The van der Waals surface area contributed by atoms with Crippen LogP contribution in [0.4, 0.5) is 0 Å². The van der Waals surface area contributed by atoms with Gasteiger partial charge in [0.05, 0.1) is 0 Å². The second-order valence-electron chi connectivity index (χ2n) is 6.51. The van der Waals surface area contributed by atoms with Gasteiger partial charge < -0.3 is 0 Å². The monoisotopic (exact) mass is 258 g/mol. The van der Waals surface area contributed by atoms with E-state index in [-0.39, 0.29) is 0 Å². The summed E-state index contributed by atoms with van der Waals surface area (Å²) in [6.45, 7) is 0. The standard InChI is InChI=1S/C18H26O/c19-18-13-16(14-7-3-1-4-8-14)11-12-17(18)15-9-5-2-6-10-15/h1-13H2. The van der Waals surface area contributed by atoms with Crippen molar-refractivity contribution in [2.45, 2.75) is 83.5 Å². The molecule has 3 rings (SSSR count). The summed E-state index contributed by atoms with van der Waals surface area (Å²) in [4.78, 5) is 12.5. The molecule has 3 fully saturated rings. The van der Waals surface area contributed by atoms with E-state index in [2.05, 4.69) is 0 Å². The topological polar surface area (TPSA) is 17.1 Å². The molecule has 104 valence electrons. The fourth-order valence-electron chi connectivity index (χ4n) is 4.09. The molecule has 0 saturated heterocycles. The fourth-order valence-corrected chi connectivity index (χ4v) is 4.09. The smallest absolute Gasteiger partial charge is 0.162 e. The average Bonchev–Trinajstić information content (AvgIpc) is 2.49. The Morgan fingerprint density at radius 3 is 1.68 bits per heavy atom. The second-order valence-corrected chi connectivity index (χ2v) is 6.51. The molecule has 0 aromatic rings. The molecule has 0 atom stereocenters. The Hall–Kier alpha value is -0.850. The first kappa shape index (κ1) is 13.1. The summed E-state index contributed by atoms with van der Waals surface area (Å²) in [6.07, 6.45) is 16.0. The molecule has 1 heteroatoms. The maximum atomic E-state index is 12.5. The molecular formula is C18H26O. The molecule has 3 aliphatic rings. The Balaban J connectivity index is 1.73. The molecule has 0 aliphatic heterocycles. The van der Waals surface area contributed by atoms with Crippen LogP contribution >= 0.6 is 0 Å². The van der Waals surface area contributed by atoms with Gasteiger partial charge in [0, 0.05) is 6.42 Å². The average molecular weight is 258 g/mol. The molecule has 1 nitrogen and oxygen atoms in total. The zero-order valence-corrected chi connectivity index (χ0v) is 12.1. The lowest BCUT2D eigenvalue weighted by molar-refractivity contribution is -0.115. The Bertz CT molecular complexity index is 409. The van der Waals surface area contributed by atoms with E-state index in [1.165, 1.54) is 87.3 Å². The van der Waals surface area contributed by atoms with Crippen LogP contribution < -0.4 is 0 Å². The summed E-state index contributed by atoms with van der Waals surface area (Å²) in [6, 6.07) is 0. The first-order valence-corrected chi connectivity index (χ1v) is 8.28. The molecular weight excluding hydrogens is 232 g/mol. The van der Waals surface area contributed by atoms with Crippen LogP contribution in [0, 0.1) is 0 Å². The minimum absolute atomic E-state index is 0.469. The first-order chi connectivity index (χ1) is 9.34. The molecule has 0 unspecified atom stereocenters. The lowest BCUT2D eigenvalue weighted by Gasteiger charge is -2.26. The van der Waals surface area contributed by atoms with E-state index >= 15 is 0 Å². The number of hydrogen-bond donors (Lipinski definition) is 0. The highest BCUT2D eigenvalue weighted by atomic mass is 16.1. The molecule has 0 radical (unpaired) electrons. The molecule has 0 spiro atoms. The number of allylic oxidation sites excluding steroid dienone is 4. The van der Waals surface area contributed by atoms with Gasteiger partial charge >= 0.3 is 0 Å². The Morgan fingerprint density at radius 1 is 0.526 bits per heavy atom. The van der Waals surface area contributed by atoms with E-state index in [0.717, 1.165) is 12.8 Å². The third-order valence-electron chi connectivity index (χ3n) is 5.23. The predicted octanol–water partition coefficient (Wildman–Crippen LogP) is 5.26. The van der Waals surface area contributed by atoms with Gasteiger partial charge in [-0.1, -0.05) is 29.6 Å². The van der Waals surface area contributed by atoms with Crippen molar-refractivity contribution in [3.05, 3.63) is 22.3 Å². The summed E-state index contributed by atoms with van der Waals surface area (Å²) in [5.41, 5.74) is 5.92. The fraction of sp³-hybridized carbons (Fsp3) is 0.722. The molecule has 0 aromatic heterocycles. The van der Waals surface area contributed by atoms with Crippen LogP contribution in [-0.4, -0.2) is 5.78 Å². The molecule has 0 aromatic carbocycles. The van der Waals surface area contributed by atoms with Crippen LogP contribution in [0.3, 0.4) is 0 Å². The summed E-state index contributed by atoms with van der Waals surface area (Å²) in [5, 5.41) is 0. The number of carbonyl (C=O) groups is 1. The van der Waals surface area contributed by atoms with Crippen LogP contribution in [0.25, 0.3) is 0 Å². The van der Waals surface area contributed by atoms with E-state index in [4.69, 9.17) is 0 Å². The van der Waals surface area contributed by atoms with Gasteiger partial charge in [0.25, 0.3) is 0 Å². The maximum absolute atomic E-state index is 12.5. The van der Waals surface area contributed by atoms with E-state index in [1.54, 1.807) is 5.57 Å². The summed E-state index contributed by atoms with van der Waals surface area (Å²) in [7, 11) is 0. The van der Waals surface area contributed by atoms with Crippen molar-refractivity contribution < 1.29 is 4.79 Å². The summed E-state index contributed by atoms with van der Waals surface area (Å²) >= 11 is 0. The largest absolute Gasteiger partial charge is 0.294 e. The van der Waals surface area contributed by atoms with Crippen LogP contribution in [0.1, 0.15) is 83.5 Å². The van der Waals surface area contributed by atoms with Gasteiger partial charge in [-0.2, -0.15) is 0 Å². The molecule has 3 aliphatic carbocycles. The van der Waals surface area contributed by atoms with Crippen LogP contribution in [0.15, 0.2) is 22.3 Å². The summed E-state index contributed by atoms with van der Waals surface area (Å²) < 4.78 is 0. The number of rotatable bonds is 0. The first-order valence-electron chi connectivity index (χ1n) is 8.28. The van der Waals surface area contributed by atoms with Gasteiger partial charge in [0.15, 0.2) is 5.78 Å². The highest BCUT2D eigenvalue weighted by Gasteiger charge is 2.25. The Labute approximate surface area is 117 Å². The summed E-state index contributed by atoms with van der Waals surface area (Å²) in [5.74, 6) is 0.469. The van der Waals surface area contributed by atoms with Gasteiger partial charge in [-0.3, -0.25) is 4.79 Å². The molecule has 0 amide bonds. The molecule has 0 N–H and O–H groups in total. The zero-order valence-electron chi connectivity index (χ0n) is 12.1. The molecule has 0 bridgehead atoms. The van der Waals surface area contributed by atoms with E-state index in [9.17, 15) is 4.79 Å². The van der Waals surface area contributed by atoms with E-state index < -0.39 is 0 Å². The van der Waals surface area contributed by atoms with Crippen molar-refractivity contribution in [2.75, 3.05) is 0 Å². The van der Waals surface area contributed by atoms with Gasteiger partial charge in [-0.25, -0.2) is 0 Å². The van der Waals surface area contributed by atoms with Crippen molar-refractivity contribution in [3.8, 4) is 0 Å². The third-order valence-corrected chi connectivity index (χ3v) is 5.23. The van der Waals surface area contributed by atoms with E-state index in [0.29, 0.717) is 5.78 Å². The van der Waals surface area contributed by atoms with Gasteiger partial charge in [-0.15, -0.1) is 0 Å². The lowest BCUT2D eigenvalue weighted by atomic mass is 9.78. The number of carbonyl (C=O) groups excluding carboxylic acids is 1. The van der Waals surface area contributed by atoms with Crippen LogP contribution in [0.5, 0.6) is 0 Å². The zero-order chi connectivity index (χ0) is 13.1. The molecule has 19 heavy (non-hydrogen) atoms. The SMILES string of the molecule is O=C1CC(=C2CCCCC2)CCC1=C1CCCCC1. The molecule has 3 saturated carbocycles. The Morgan fingerprint density at radius 2 is 1.11 bits per heavy atom. The van der Waals surface area contributed by atoms with Crippen LogP contribution in [0.2, 0.25) is 0 Å². The highest BCUT2D eigenvalue weighted by Crippen LogP contribution is 2.37. The van der Waals surface area contributed by atoms with E-state index in [1.807, 2.05) is 0 Å². The lowest BCUT2D eigenvalue weighted by Crippen LogP contribution is -2.16.